The number of likely N-dealkylation sites (tertiary alicyclic amines) is 2. The van der Waals surface area contributed by atoms with E-state index in [1.54, 1.807) is 0 Å². The van der Waals surface area contributed by atoms with Crippen molar-refractivity contribution in [3.05, 3.63) is 0 Å². The van der Waals surface area contributed by atoms with Crippen LogP contribution in [-0.4, -0.2) is 60.6 Å². The minimum absolute atomic E-state index is 0.0361. The minimum Gasteiger partial charge on any atom is -0.301 e. The topological polar surface area (TPSA) is 42.3 Å². The maximum Gasteiger partial charge on any atom is 0.108 e. The van der Waals surface area contributed by atoms with Gasteiger partial charge in [-0.15, -0.1) is 0 Å². The van der Waals surface area contributed by atoms with Gasteiger partial charge in [-0.05, 0) is 64.7 Å². The first kappa shape index (κ1) is 14.3. The van der Waals surface area contributed by atoms with Crippen LogP contribution in [0.3, 0.4) is 0 Å². The van der Waals surface area contributed by atoms with E-state index in [0.29, 0.717) is 6.04 Å². The summed E-state index contributed by atoms with van der Waals surface area (Å²) >= 11 is 0. The molecular formula is C16H28N4. The number of nitrogens with zero attached hydrogens (tertiary/aromatic N) is 3. The maximum absolute atomic E-state index is 9.24. The Bertz CT molecular complexity index is 333. The molecule has 1 aliphatic carbocycles. The van der Waals surface area contributed by atoms with Crippen LogP contribution in [0.1, 0.15) is 44.9 Å². The van der Waals surface area contributed by atoms with E-state index in [2.05, 4.69) is 21.2 Å². The molecule has 0 spiro atoms. The lowest BCUT2D eigenvalue weighted by Crippen LogP contribution is -2.49. The van der Waals surface area contributed by atoms with Gasteiger partial charge < -0.3 is 9.80 Å². The molecular weight excluding hydrogens is 248 g/mol. The Morgan fingerprint density at radius 1 is 1.00 bits per heavy atom. The Kier molecular flexibility index (Phi) is 4.93. The highest BCUT2D eigenvalue weighted by Crippen LogP contribution is 2.22. The molecule has 0 amide bonds. The molecule has 0 radical (unpaired) electrons. The highest BCUT2D eigenvalue weighted by molar-refractivity contribution is 4.98. The Morgan fingerprint density at radius 3 is 2.30 bits per heavy atom. The fraction of sp³-hybridized carbons (Fsp3) is 0.938. The molecule has 4 nitrogen and oxygen atoms in total. The lowest BCUT2D eigenvalue weighted by Gasteiger charge is -2.40. The van der Waals surface area contributed by atoms with Crippen molar-refractivity contribution >= 4 is 0 Å². The fourth-order valence-corrected chi connectivity index (χ4v) is 3.67. The van der Waals surface area contributed by atoms with E-state index in [-0.39, 0.29) is 6.04 Å². The summed E-state index contributed by atoms with van der Waals surface area (Å²) in [6.07, 6.45) is 9.31. The highest BCUT2D eigenvalue weighted by atomic mass is 15.2. The first-order chi connectivity index (χ1) is 9.85. The SMILES string of the molecule is N#CC(CN1CCC(N2CCCCC2)CC1)NC1CC1. The molecule has 3 fully saturated rings. The Hall–Kier alpha value is -0.630. The first-order valence-electron chi connectivity index (χ1n) is 8.47. The number of piperidine rings is 2. The quantitative estimate of drug-likeness (QED) is 0.828. The van der Waals surface area contributed by atoms with E-state index >= 15 is 0 Å². The third-order valence-electron chi connectivity index (χ3n) is 5.08. The monoisotopic (exact) mass is 276 g/mol. The van der Waals surface area contributed by atoms with Crippen molar-refractivity contribution in [1.82, 2.24) is 15.1 Å². The van der Waals surface area contributed by atoms with Crippen LogP contribution < -0.4 is 5.32 Å². The van der Waals surface area contributed by atoms with Gasteiger partial charge in [0.25, 0.3) is 0 Å². The summed E-state index contributed by atoms with van der Waals surface area (Å²) in [6.45, 7) is 5.89. The van der Waals surface area contributed by atoms with Crippen molar-refractivity contribution in [2.45, 2.75) is 63.1 Å². The first-order valence-corrected chi connectivity index (χ1v) is 8.47. The fourth-order valence-electron chi connectivity index (χ4n) is 3.67. The number of rotatable bonds is 5. The smallest absolute Gasteiger partial charge is 0.108 e. The summed E-state index contributed by atoms with van der Waals surface area (Å²) in [5, 5.41) is 12.7. The van der Waals surface area contributed by atoms with Crippen LogP contribution in [0.15, 0.2) is 0 Å². The van der Waals surface area contributed by atoms with E-state index in [4.69, 9.17) is 0 Å². The predicted molar refractivity (Wildman–Crippen MR) is 80.4 cm³/mol. The van der Waals surface area contributed by atoms with E-state index in [1.807, 2.05) is 0 Å². The lowest BCUT2D eigenvalue weighted by molar-refractivity contribution is 0.0905. The van der Waals surface area contributed by atoms with Gasteiger partial charge in [-0.1, -0.05) is 6.42 Å². The third kappa shape index (κ3) is 3.94. The van der Waals surface area contributed by atoms with Gasteiger partial charge >= 0.3 is 0 Å². The third-order valence-corrected chi connectivity index (χ3v) is 5.08. The Labute approximate surface area is 123 Å². The summed E-state index contributed by atoms with van der Waals surface area (Å²) < 4.78 is 0. The largest absolute Gasteiger partial charge is 0.301 e. The zero-order valence-electron chi connectivity index (χ0n) is 12.6. The zero-order chi connectivity index (χ0) is 13.8. The van der Waals surface area contributed by atoms with Gasteiger partial charge in [-0.25, -0.2) is 0 Å². The van der Waals surface area contributed by atoms with Crippen molar-refractivity contribution in [2.24, 2.45) is 0 Å². The minimum atomic E-state index is 0.0361. The number of nitriles is 1. The molecule has 1 saturated carbocycles. The van der Waals surface area contributed by atoms with Crippen molar-refractivity contribution in [1.29, 1.82) is 5.26 Å². The van der Waals surface area contributed by atoms with Gasteiger partial charge in [-0.2, -0.15) is 5.26 Å². The van der Waals surface area contributed by atoms with Crippen LogP contribution in [0.2, 0.25) is 0 Å². The summed E-state index contributed by atoms with van der Waals surface area (Å²) in [6, 6.07) is 3.91. The molecule has 3 rings (SSSR count). The maximum atomic E-state index is 9.24. The molecule has 0 aromatic heterocycles. The summed E-state index contributed by atoms with van der Waals surface area (Å²) in [4.78, 5) is 5.20. The van der Waals surface area contributed by atoms with Crippen LogP contribution in [-0.2, 0) is 0 Å². The van der Waals surface area contributed by atoms with Gasteiger partial charge in [0.05, 0.1) is 6.07 Å². The van der Waals surface area contributed by atoms with E-state index in [9.17, 15) is 5.26 Å². The number of hydrogen-bond donors (Lipinski definition) is 1. The molecule has 0 aromatic carbocycles. The lowest BCUT2D eigenvalue weighted by atomic mass is 9.99. The Morgan fingerprint density at radius 2 is 1.70 bits per heavy atom. The van der Waals surface area contributed by atoms with Gasteiger partial charge in [0, 0.05) is 18.6 Å². The van der Waals surface area contributed by atoms with E-state index < -0.39 is 0 Å². The van der Waals surface area contributed by atoms with E-state index in [0.717, 1.165) is 12.6 Å². The number of nitrogens with one attached hydrogen (secondary N) is 1. The molecule has 4 heteroatoms. The zero-order valence-corrected chi connectivity index (χ0v) is 12.6. The standard InChI is InChI=1S/C16H28N4/c17-12-15(18-14-4-5-14)13-19-10-6-16(7-11-19)20-8-2-1-3-9-20/h14-16,18H,1-11,13H2. The number of hydrogen-bond acceptors (Lipinski definition) is 4. The van der Waals surface area contributed by atoms with E-state index in [1.165, 1.54) is 71.1 Å². The predicted octanol–water partition coefficient (Wildman–Crippen LogP) is 1.58. The van der Waals surface area contributed by atoms with Crippen molar-refractivity contribution in [2.75, 3.05) is 32.7 Å². The average molecular weight is 276 g/mol. The molecule has 2 heterocycles. The molecule has 1 atom stereocenters. The summed E-state index contributed by atoms with van der Waals surface area (Å²) in [7, 11) is 0. The Balaban J connectivity index is 1.39. The van der Waals surface area contributed by atoms with Crippen LogP contribution in [0.25, 0.3) is 0 Å². The highest BCUT2D eigenvalue weighted by Gasteiger charge is 2.29. The van der Waals surface area contributed by atoms with Crippen LogP contribution in [0, 0.1) is 11.3 Å². The van der Waals surface area contributed by atoms with Crippen molar-refractivity contribution in [3.63, 3.8) is 0 Å². The van der Waals surface area contributed by atoms with Gasteiger partial charge in [0.2, 0.25) is 0 Å². The molecule has 3 aliphatic rings. The molecule has 2 saturated heterocycles. The van der Waals surface area contributed by atoms with Gasteiger partial charge in [-0.3, -0.25) is 5.32 Å². The van der Waals surface area contributed by atoms with Crippen molar-refractivity contribution < 1.29 is 0 Å². The van der Waals surface area contributed by atoms with Gasteiger partial charge in [0.1, 0.15) is 6.04 Å². The van der Waals surface area contributed by atoms with Gasteiger partial charge in [0.15, 0.2) is 0 Å². The summed E-state index contributed by atoms with van der Waals surface area (Å²) in [5.74, 6) is 0. The molecule has 1 N–H and O–H groups in total. The van der Waals surface area contributed by atoms with Crippen molar-refractivity contribution in [3.8, 4) is 6.07 Å². The molecule has 20 heavy (non-hydrogen) atoms. The molecule has 112 valence electrons. The van der Waals surface area contributed by atoms with Crippen LogP contribution in [0.5, 0.6) is 0 Å². The molecule has 1 unspecified atom stereocenters. The van der Waals surface area contributed by atoms with Crippen LogP contribution in [0.4, 0.5) is 0 Å². The second kappa shape index (κ2) is 6.89. The molecule has 0 aromatic rings. The average Bonchev–Trinajstić information content (AvgIpc) is 3.32. The van der Waals surface area contributed by atoms with Crippen LogP contribution >= 0.6 is 0 Å². The second-order valence-electron chi connectivity index (χ2n) is 6.75. The second-order valence-corrected chi connectivity index (χ2v) is 6.75. The molecule has 2 aliphatic heterocycles. The summed E-state index contributed by atoms with van der Waals surface area (Å²) in [5.41, 5.74) is 0. The molecule has 0 bridgehead atoms. The normalized spacial score (nSPS) is 28.1.